The van der Waals surface area contributed by atoms with Crippen LogP contribution < -0.4 is 0 Å². The number of fused-ring (bicyclic) bond motifs is 3. The van der Waals surface area contributed by atoms with Crippen molar-refractivity contribution in [2.24, 2.45) is 28.6 Å². The van der Waals surface area contributed by atoms with Crippen molar-refractivity contribution in [3.8, 4) is 0 Å². The highest BCUT2D eigenvalue weighted by molar-refractivity contribution is 5.84. The lowest BCUT2D eigenvalue weighted by atomic mass is 9.41. The van der Waals surface area contributed by atoms with E-state index in [-0.39, 0.29) is 35.2 Å². The van der Waals surface area contributed by atoms with Gasteiger partial charge in [0.25, 0.3) is 0 Å². The molecule has 3 unspecified atom stereocenters. The predicted octanol–water partition coefficient (Wildman–Crippen LogP) is 1.42. The van der Waals surface area contributed by atoms with Crippen LogP contribution in [-0.4, -0.2) is 35.4 Å². The number of hydrogen-bond acceptors (Lipinski definition) is 5. The Morgan fingerprint density at radius 1 is 1.27 bits per heavy atom. The maximum absolute atomic E-state index is 12.6. The second-order valence-corrected chi connectivity index (χ2v) is 8.24. The molecule has 6 fully saturated rings. The fourth-order valence-corrected chi connectivity index (χ4v) is 6.68. The summed E-state index contributed by atoms with van der Waals surface area (Å²) in [5, 5.41) is 10.9. The zero-order valence-corrected chi connectivity index (χ0v) is 12.8. The fourth-order valence-electron chi connectivity index (χ4n) is 6.68. The van der Waals surface area contributed by atoms with Crippen LogP contribution in [0.25, 0.3) is 0 Å². The molecule has 1 spiro atoms. The van der Waals surface area contributed by atoms with Gasteiger partial charge in [-0.3, -0.25) is 9.59 Å². The van der Waals surface area contributed by atoms with Crippen LogP contribution in [0.15, 0.2) is 0 Å². The third-order valence-corrected chi connectivity index (χ3v) is 7.68. The molecule has 6 aliphatic rings. The molecule has 5 nitrogen and oxygen atoms in total. The van der Waals surface area contributed by atoms with E-state index >= 15 is 0 Å². The van der Waals surface area contributed by atoms with Gasteiger partial charge in [-0.2, -0.15) is 0 Å². The lowest BCUT2D eigenvalue weighted by molar-refractivity contribution is -0.375. The molecule has 22 heavy (non-hydrogen) atoms. The van der Waals surface area contributed by atoms with Gasteiger partial charge in [-0.05, 0) is 38.5 Å². The number of hydrogen-bond donors (Lipinski definition) is 1. The summed E-state index contributed by atoms with van der Waals surface area (Å²) in [6.07, 6.45) is 4.36. The molecule has 3 saturated carbocycles. The summed E-state index contributed by atoms with van der Waals surface area (Å²) in [4.78, 5) is 25.0. The number of rotatable bonds is 0. The first-order chi connectivity index (χ1) is 10.4. The summed E-state index contributed by atoms with van der Waals surface area (Å²) in [6.45, 7) is 2.28. The van der Waals surface area contributed by atoms with E-state index in [0.29, 0.717) is 31.7 Å². The van der Waals surface area contributed by atoms with Gasteiger partial charge in [0, 0.05) is 30.1 Å². The molecule has 120 valence electrons. The number of carbonyl (C=O) groups excluding carboxylic acids is 2. The maximum Gasteiger partial charge on any atom is 0.318 e. The monoisotopic (exact) mass is 306 g/mol. The van der Waals surface area contributed by atoms with Crippen molar-refractivity contribution in [1.29, 1.82) is 0 Å². The minimum absolute atomic E-state index is 0.00727. The van der Waals surface area contributed by atoms with E-state index in [1.807, 2.05) is 6.92 Å². The molecule has 2 bridgehead atoms. The maximum atomic E-state index is 12.6. The minimum atomic E-state index is -1.39. The van der Waals surface area contributed by atoms with Crippen molar-refractivity contribution in [3.63, 3.8) is 0 Å². The van der Waals surface area contributed by atoms with Gasteiger partial charge in [0.1, 0.15) is 17.3 Å². The zero-order chi connectivity index (χ0) is 15.3. The molecule has 0 aromatic heterocycles. The van der Waals surface area contributed by atoms with Gasteiger partial charge < -0.3 is 14.6 Å². The van der Waals surface area contributed by atoms with Crippen LogP contribution in [0.3, 0.4) is 0 Å². The van der Waals surface area contributed by atoms with Crippen molar-refractivity contribution in [2.75, 3.05) is 6.61 Å². The summed E-state index contributed by atoms with van der Waals surface area (Å²) in [6, 6.07) is 0. The van der Waals surface area contributed by atoms with Crippen LogP contribution >= 0.6 is 0 Å². The topological polar surface area (TPSA) is 72.8 Å². The minimum Gasteiger partial charge on any atom is -0.461 e. The Bertz CT molecular complexity index is 576. The largest absolute Gasteiger partial charge is 0.461 e. The van der Waals surface area contributed by atoms with Crippen molar-refractivity contribution in [2.45, 2.75) is 57.3 Å². The highest BCUT2D eigenvalue weighted by Gasteiger charge is 2.79. The van der Waals surface area contributed by atoms with E-state index < -0.39 is 11.2 Å². The van der Waals surface area contributed by atoms with Gasteiger partial charge in [-0.15, -0.1) is 0 Å². The molecule has 0 radical (unpaired) electrons. The third-order valence-electron chi connectivity index (χ3n) is 7.68. The second kappa shape index (κ2) is 3.75. The van der Waals surface area contributed by atoms with Crippen LogP contribution in [0, 0.1) is 28.6 Å². The van der Waals surface area contributed by atoms with Crippen molar-refractivity contribution < 1.29 is 24.2 Å². The van der Waals surface area contributed by atoms with Crippen LogP contribution in [0.5, 0.6) is 0 Å². The first-order valence-corrected chi connectivity index (χ1v) is 8.52. The normalized spacial score (nSPS) is 59.0. The van der Waals surface area contributed by atoms with E-state index in [2.05, 4.69) is 0 Å². The van der Waals surface area contributed by atoms with Crippen LogP contribution in [0.2, 0.25) is 0 Å². The Morgan fingerprint density at radius 2 is 2.09 bits per heavy atom. The average molecular weight is 306 g/mol. The van der Waals surface area contributed by atoms with Crippen molar-refractivity contribution >= 4 is 11.8 Å². The summed E-state index contributed by atoms with van der Waals surface area (Å²) in [5.74, 6) is -1.10. The summed E-state index contributed by atoms with van der Waals surface area (Å²) in [7, 11) is 0. The summed E-state index contributed by atoms with van der Waals surface area (Å²) < 4.78 is 11.5. The van der Waals surface area contributed by atoms with E-state index in [1.54, 1.807) is 0 Å². The van der Waals surface area contributed by atoms with E-state index in [4.69, 9.17) is 9.47 Å². The molecule has 5 heteroatoms. The second-order valence-electron chi connectivity index (χ2n) is 8.24. The van der Waals surface area contributed by atoms with Gasteiger partial charge >= 0.3 is 5.97 Å². The lowest BCUT2D eigenvalue weighted by Crippen LogP contribution is -2.73. The van der Waals surface area contributed by atoms with Crippen molar-refractivity contribution in [3.05, 3.63) is 0 Å². The average Bonchev–Trinajstić information content (AvgIpc) is 2.77. The Kier molecular flexibility index (Phi) is 2.30. The summed E-state index contributed by atoms with van der Waals surface area (Å²) >= 11 is 0. The van der Waals surface area contributed by atoms with Gasteiger partial charge in [-0.25, -0.2) is 0 Å². The Labute approximate surface area is 129 Å². The molecule has 3 heterocycles. The number of carbonyl (C=O) groups is 2. The first-order valence-electron chi connectivity index (χ1n) is 8.52. The molecular weight excluding hydrogens is 284 g/mol. The van der Waals surface area contributed by atoms with Gasteiger partial charge in [0.2, 0.25) is 0 Å². The molecule has 0 amide bonds. The predicted molar refractivity (Wildman–Crippen MR) is 74.5 cm³/mol. The smallest absolute Gasteiger partial charge is 0.318 e. The standard InChI is InChI=1S/C17H22O5/c1-15-13-12(22-14(15)19)7-9-10(3-2-4-11(9)18)16(13)5-6-17(15,20)21-8-16/h9-10,12-13,20H,2-8H2,1H3/t9?,10?,12-,13?,15+,16+,17-/m1/s1. The highest BCUT2D eigenvalue weighted by atomic mass is 16.6. The molecule has 6 rings (SSSR count). The molecule has 1 N–H and O–H groups in total. The molecule has 3 saturated heterocycles. The van der Waals surface area contributed by atoms with Gasteiger partial charge in [-0.1, -0.05) is 0 Å². The van der Waals surface area contributed by atoms with Gasteiger partial charge in [0.15, 0.2) is 5.79 Å². The number of esters is 1. The van der Waals surface area contributed by atoms with Crippen molar-refractivity contribution in [1.82, 2.24) is 0 Å². The highest BCUT2D eigenvalue weighted by Crippen LogP contribution is 2.72. The van der Waals surface area contributed by atoms with E-state index in [9.17, 15) is 14.7 Å². The number of aliphatic hydroxyl groups is 1. The molecule has 0 aromatic rings. The number of ketones is 1. The number of Topliss-reactive ketones (excluding diaryl/α,β-unsaturated/α-hetero) is 1. The first kappa shape index (κ1) is 13.5. The molecule has 3 aliphatic carbocycles. The third kappa shape index (κ3) is 1.20. The Balaban J connectivity index is 1.69. The Morgan fingerprint density at radius 3 is 2.82 bits per heavy atom. The summed E-state index contributed by atoms with van der Waals surface area (Å²) in [5.41, 5.74) is -1.14. The lowest BCUT2D eigenvalue weighted by Gasteiger charge is -2.66. The van der Waals surface area contributed by atoms with Crippen LogP contribution in [0.4, 0.5) is 0 Å². The SMILES string of the molecule is C[C@]12C(=O)O[C@@H]3CC4C(=O)CCCC4[C@@]4(CC[C@@]1(O)OC4)C32. The molecule has 3 aliphatic heterocycles. The number of ether oxygens (including phenoxy) is 2. The zero-order valence-electron chi connectivity index (χ0n) is 12.8. The van der Waals surface area contributed by atoms with Crippen LogP contribution in [-0.2, 0) is 19.1 Å². The Hall–Kier alpha value is -0.940. The molecule has 0 aromatic carbocycles. The van der Waals surface area contributed by atoms with E-state index in [0.717, 1.165) is 19.3 Å². The quantitative estimate of drug-likeness (QED) is 0.685. The molecular formula is C17H22O5. The fraction of sp³-hybridized carbons (Fsp3) is 0.882. The van der Waals surface area contributed by atoms with E-state index in [1.165, 1.54) is 0 Å². The van der Waals surface area contributed by atoms with Gasteiger partial charge in [0.05, 0.1) is 6.61 Å². The molecule has 7 atom stereocenters. The van der Waals surface area contributed by atoms with Crippen LogP contribution in [0.1, 0.15) is 45.4 Å².